The molecule has 0 amide bonds. The highest BCUT2D eigenvalue weighted by Crippen LogP contribution is 2.23. The normalized spacial score (nSPS) is 13.2. The SMILES string of the molecule is CCOC(=O)C(C)[Si](C)(C)c1ccc(Cl)cc1. The summed E-state index contributed by atoms with van der Waals surface area (Å²) in [5.41, 5.74) is -0.0522. The van der Waals surface area contributed by atoms with E-state index in [1.807, 2.05) is 38.1 Å². The van der Waals surface area contributed by atoms with Gasteiger partial charge in [-0.1, -0.05) is 48.9 Å². The number of carbonyl (C=O) groups is 1. The van der Waals surface area contributed by atoms with E-state index in [1.54, 1.807) is 0 Å². The largest absolute Gasteiger partial charge is 0.466 e. The van der Waals surface area contributed by atoms with E-state index >= 15 is 0 Å². The highest BCUT2D eigenvalue weighted by atomic mass is 35.5. The van der Waals surface area contributed by atoms with Gasteiger partial charge in [-0.2, -0.15) is 0 Å². The van der Waals surface area contributed by atoms with Crippen LogP contribution >= 0.6 is 11.6 Å². The molecule has 1 rings (SSSR count). The number of hydrogen-bond acceptors (Lipinski definition) is 2. The molecule has 0 bridgehead atoms. The zero-order chi connectivity index (χ0) is 13.1. The molecule has 1 aromatic rings. The number of rotatable bonds is 4. The zero-order valence-corrected chi connectivity index (χ0v) is 12.5. The van der Waals surface area contributed by atoms with Crippen molar-refractivity contribution in [2.75, 3.05) is 6.61 Å². The Morgan fingerprint density at radius 2 is 1.88 bits per heavy atom. The average molecular weight is 271 g/mol. The molecule has 0 aliphatic carbocycles. The van der Waals surface area contributed by atoms with Crippen molar-refractivity contribution in [3.05, 3.63) is 29.3 Å². The number of benzene rings is 1. The number of esters is 1. The average Bonchev–Trinajstić information content (AvgIpc) is 2.29. The van der Waals surface area contributed by atoms with Crippen molar-refractivity contribution >= 4 is 30.8 Å². The number of carbonyl (C=O) groups excluding carboxylic acids is 1. The lowest BCUT2D eigenvalue weighted by Gasteiger charge is -2.28. The van der Waals surface area contributed by atoms with Crippen LogP contribution in [0.3, 0.4) is 0 Å². The maximum absolute atomic E-state index is 11.8. The molecule has 1 unspecified atom stereocenters. The summed E-state index contributed by atoms with van der Waals surface area (Å²) in [6.07, 6.45) is 0. The summed E-state index contributed by atoms with van der Waals surface area (Å²) in [4.78, 5) is 11.8. The van der Waals surface area contributed by atoms with E-state index in [4.69, 9.17) is 16.3 Å². The van der Waals surface area contributed by atoms with Gasteiger partial charge in [0.15, 0.2) is 0 Å². The first-order chi connectivity index (χ1) is 7.89. The van der Waals surface area contributed by atoms with E-state index in [2.05, 4.69) is 13.1 Å². The Balaban J connectivity index is 2.93. The third-order valence-electron chi connectivity index (χ3n) is 3.31. The predicted octanol–water partition coefficient (Wildman–Crippen LogP) is 3.21. The van der Waals surface area contributed by atoms with Gasteiger partial charge in [-0.15, -0.1) is 0 Å². The first-order valence-electron chi connectivity index (χ1n) is 5.82. The molecular weight excluding hydrogens is 252 g/mol. The minimum Gasteiger partial charge on any atom is -0.466 e. The van der Waals surface area contributed by atoms with Gasteiger partial charge in [0.05, 0.1) is 20.2 Å². The molecule has 0 N–H and O–H groups in total. The molecule has 0 saturated heterocycles. The molecule has 1 aromatic carbocycles. The highest BCUT2D eigenvalue weighted by molar-refractivity contribution is 6.93. The van der Waals surface area contributed by atoms with Crippen LogP contribution in [0.25, 0.3) is 0 Å². The summed E-state index contributed by atoms with van der Waals surface area (Å²) in [5, 5.41) is 1.95. The Bertz CT molecular complexity index is 387. The van der Waals surface area contributed by atoms with Gasteiger partial charge in [0.25, 0.3) is 0 Å². The second kappa shape index (κ2) is 5.69. The first-order valence-corrected chi connectivity index (χ1v) is 9.27. The topological polar surface area (TPSA) is 26.3 Å². The van der Waals surface area contributed by atoms with Gasteiger partial charge in [-0.25, -0.2) is 0 Å². The molecule has 0 aliphatic rings. The molecule has 0 heterocycles. The highest BCUT2D eigenvalue weighted by Gasteiger charge is 2.36. The Morgan fingerprint density at radius 3 is 2.35 bits per heavy atom. The fourth-order valence-corrected chi connectivity index (χ4v) is 4.02. The zero-order valence-electron chi connectivity index (χ0n) is 10.8. The Kier molecular flexibility index (Phi) is 4.77. The smallest absolute Gasteiger partial charge is 0.306 e. The Labute approximate surface area is 109 Å². The summed E-state index contributed by atoms with van der Waals surface area (Å²) < 4.78 is 5.10. The van der Waals surface area contributed by atoms with Gasteiger partial charge in [-0.3, -0.25) is 4.79 Å². The summed E-state index contributed by atoms with van der Waals surface area (Å²) in [5.74, 6) is -0.0980. The van der Waals surface area contributed by atoms with Crippen molar-refractivity contribution in [3.63, 3.8) is 0 Å². The quantitative estimate of drug-likeness (QED) is 0.620. The third kappa shape index (κ3) is 3.33. The molecule has 2 nitrogen and oxygen atoms in total. The second-order valence-electron chi connectivity index (χ2n) is 4.70. The van der Waals surface area contributed by atoms with Gasteiger partial charge in [0.1, 0.15) is 0 Å². The van der Waals surface area contributed by atoms with Crippen molar-refractivity contribution in [3.8, 4) is 0 Å². The fraction of sp³-hybridized carbons (Fsp3) is 0.462. The van der Waals surface area contributed by atoms with Crippen molar-refractivity contribution in [2.45, 2.75) is 32.5 Å². The predicted molar refractivity (Wildman–Crippen MR) is 74.6 cm³/mol. The van der Waals surface area contributed by atoms with Crippen LogP contribution in [-0.2, 0) is 9.53 Å². The van der Waals surface area contributed by atoms with E-state index in [-0.39, 0.29) is 11.5 Å². The molecule has 1 atom stereocenters. The van der Waals surface area contributed by atoms with Gasteiger partial charge in [0.2, 0.25) is 0 Å². The molecule has 0 radical (unpaired) electrons. The molecule has 0 aliphatic heterocycles. The number of halogens is 1. The van der Waals surface area contributed by atoms with E-state index in [0.29, 0.717) is 6.61 Å². The Hall–Kier alpha value is -0.803. The van der Waals surface area contributed by atoms with Crippen LogP contribution in [0.15, 0.2) is 24.3 Å². The summed E-state index contributed by atoms with van der Waals surface area (Å²) >= 11 is 5.88. The fourth-order valence-electron chi connectivity index (χ4n) is 1.69. The molecular formula is C13H19ClO2Si. The molecule has 0 fully saturated rings. The molecule has 0 aromatic heterocycles. The lowest BCUT2D eigenvalue weighted by Crippen LogP contribution is -2.48. The molecule has 0 spiro atoms. The van der Waals surface area contributed by atoms with Crippen molar-refractivity contribution in [2.24, 2.45) is 0 Å². The molecule has 0 saturated carbocycles. The van der Waals surface area contributed by atoms with E-state index < -0.39 is 8.07 Å². The maximum atomic E-state index is 11.8. The minimum atomic E-state index is -1.84. The van der Waals surface area contributed by atoms with Crippen molar-refractivity contribution < 1.29 is 9.53 Å². The van der Waals surface area contributed by atoms with Crippen LogP contribution in [0.2, 0.25) is 23.7 Å². The standard InChI is InChI=1S/C13H19ClO2Si/c1-5-16-13(15)10(2)17(3,4)12-8-6-11(14)7-9-12/h6-10H,5H2,1-4H3. The molecule has 17 heavy (non-hydrogen) atoms. The lowest BCUT2D eigenvalue weighted by atomic mass is 10.4. The Morgan fingerprint density at radius 1 is 1.35 bits per heavy atom. The van der Waals surface area contributed by atoms with E-state index in [0.717, 1.165) is 5.02 Å². The van der Waals surface area contributed by atoms with Crippen LogP contribution in [-0.4, -0.2) is 20.7 Å². The first kappa shape index (κ1) is 14.3. The van der Waals surface area contributed by atoms with E-state index in [9.17, 15) is 4.79 Å². The molecule has 4 heteroatoms. The van der Waals surface area contributed by atoms with Crippen LogP contribution < -0.4 is 5.19 Å². The number of ether oxygens (including phenoxy) is 1. The maximum Gasteiger partial charge on any atom is 0.306 e. The van der Waals surface area contributed by atoms with Gasteiger partial charge in [-0.05, 0) is 19.1 Å². The third-order valence-corrected chi connectivity index (χ3v) is 7.79. The monoisotopic (exact) mass is 270 g/mol. The van der Waals surface area contributed by atoms with Gasteiger partial charge < -0.3 is 4.74 Å². The summed E-state index contributed by atoms with van der Waals surface area (Å²) in [6, 6.07) is 7.79. The van der Waals surface area contributed by atoms with Crippen LogP contribution in [0.4, 0.5) is 0 Å². The van der Waals surface area contributed by atoms with Crippen LogP contribution in [0.5, 0.6) is 0 Å². The van der Waals surface area contributed by atoms with Crippen molar-refractivity contribution in [1.82, 2.24) is 0 Å². The van der Waals surface area contributed by atoms with Crippen LogP contribution in [0, 0.1) is 0 Å². The second-order valence-corrected chi connectivity index (χ2v) is 10.0. The minimum absolute atomic E-state index is 0.0522. The van der Waals surface area contributed by atoms with Gasteiger partial charge in [0, 0.05) is 5.02 Å². The summed E-state index contributed by atoms with van der Waals surface area (Å²) in [7, 11) is -1.84. The van der Waals surface area contributed by atoms with Gasteiger partial charge >= 0.3 is 5.97 Å². The lowest BCUT2D eigenvalue weighted by molar-refractivity contribution is -0.142. The van der Waals surface area contributed by atoms with Crippen molar-refractivity contribution in [1.29, 1.82) is 0 Å². The molecule has 94 valence electrons. The van der Waals surface area contributed by atoms with Crippen LogP contribution in [0.1, 0.15) is 13.8 Å². The summed E-state index contributed by atoms with van der Waals surface area (Å²) in [6.45, 7) is 8.59. The van der Waals surface area contributed by atoms with E-state index in [1.165, 1.54) is 5.19 Å². The number of hydrogen-bond donors (Lipinski definition) is 0.